The molecule has 2 aliphatic heterocycles. The monoisotopic (exact) mass is 351 g/mol. The van der Waals surface area contributed by atoms with E-state index in [4.69, 9.17) is 4.74 Å². The van der Waals surface area contributed by atoms with Crippen LogP contribution in [0.15, 0.2) is 43.1 Å². The molecule has 2 aliphatic rings. The van der Waals surface area contributed by atoms with Crippen molar-refractivity contribution in [2.75, 3.05) is 13.1 Å². The van der Waals surface area contributed by atoms with Gasteiger partial charge in [0.1, 0.15) is 12.7 Å². The fourth-order valence-corrected chi connectivity index (χ4v) is 3.66. The molecule has 9 nitrogen and oxygen atoms in total. The third-order valence-electron chi connectivity index (χ3n) is 5.05. The van der Waals surface area contributed by atoms with Gasteiger partial charge in [0, 0.05) is 24.3 Å². The summed E-state index contributed by atoms with van der Waals surface area (Å²) in [6.45, 7) is 1.79. The predicted molar refractivity (Wildman–Crippen MR) is 89.5 cm³/mol. The van der Waals surface area contributed by atoms with Gasteiger partial charge in [-0.2, -0.15) is 0 Å². The first-order valence-electron chi connectivity index (χ1n) is 8.54. The maximum atomic E-state index is 12.9. The number of fused-ring (bicyclic) bond motifs is 3. The average Bonchev–Trinajstić information content (AvgIpc) is 3.39. The van der Waals surface area contributed by atoms with Crippen LogP contribution in [0.4, 0.5) is 0 Å². The van der Waals surface area contributed by atoms with Crippen LogP contribution in [-0.2, 0) is 11.3 Å². The third kappa shape index (κ3) is 2.48. The topological polar surface area (TPSA) is 91.0 Å². The lowest BCUT2D eigenvalue weighted by Crippen LogP contribution is -2.49. The highest BCUT2D eigenvalue weighted by molar-refractivity contribution is 5.94. The van der Waals surface area contributed by atoms with Gasteiger partial charge in [-0.15, -0.1) is 15.3 Å². The van der Waals surface area contributed by atoms with Gasteiger partial charge < -0.3 is 9.64 Å². The van der Waals surface area contributed by atoms with Gasteiger partial charge in [0.2, 0.25) is 0 Å². The normalized spacial score (nSPS) is 21.9. The van der Waals surface area contributed by atoms with E-state index in [2.05, 4.69) is 20.5 Å². The Labute approximate surface area is 149 Å². The summed E-state index contributed by atoms with van der Waals surface area (Å²) in [5, 5.41) is 15.7. The molecule has 0 aliphatic carbocycles. The lowest BCUT2D eigenvalue weighted by molar-refractivity contribution is -0.0605. The van der Waals surface area contributed by atoms with E-state index in [0.717, 1.165) is 17.8 Å². The van der Waals surface area contributed by atoms with Crippen LogP contribution in [0.25, 0.3) is 5.69 Å². The van der Waals surface area contributed by atoms with Crippen LogP contribution in [0.3, 0.4) is 0 Å². The van der Waals surface area contributed by atoms with E-state index in [9.17, 15) is 4.79 Å². The zero-order chi connectivity index (χ0) is 17.5. The molecular weight excluding hydrogens is 334 g/mol. The number of carbonyl (C=O) groups excluding carboxylic acids is 1. The number of piperidine rings is 1. The number of hydrogen-bond donors (Lipinski definition) is 0. The number of aromatic nitrogens is 6. The van der Waals surface area contributed by atoms with Crippen molar-refractivity contribution in [3.63, 3.8) is 0 Å². The lowest BCUT2D eigenvalue weighted by Gasteiger charge is -2.41. The Balaban J connectivity index is 1.35. The van der Waals surface area contributed by atoms with E-state index in [1.165, 1.54) is 0 Å². The molecule has 0 spiro atoms. The Morgan fingerprint density at radius 3 is 2.73 bits per heavy atom. The zero-order valence-corrected chi connectivity index (χ0v) is 14.0. The van der Waals surface area contributed by atoms with Gasteiger partial charge in [-0.3, -0.25) is 9.36 Å². The van der Waals surface area contributed by atoms with Crippen molar-refractivity contribution >= 4 is 5.91 Å². The molecule has 0 saturated carbocycles. The molecule has 3 aromatic rings. The number of benzene rings is 1. The van der Waals surface area contributed by atoms with E-state index < -0.39 is 0 Å². The lowest BCUT2D eigenvalue weighted by atomic mass is 9.99. The van der Waals surface area contributed by atoms with Crippen LogP contribution in [0.1, 0.15) is 28.5 Å². The van der Waals surface area contributed by atoms with Crippen molar-refractivity contribution in [1.82, 2.24) is 34.7 Å². The largest absolute Gasteiger partial charge is 0.370 e. The highest BCUT2D eigenvalue weighted by atomic mass is 16.5. The minimum absolute atomic E-state index is 0.0194. The quantitative estimate of drug-likeness (QED) is 0.680. The fourth-order valence-electron chi connectivity index (χ4n) is 3.66. The molecule has 5 rings (SSSR count). The number of rotatable bonds is 2. The van der Waals surface area contributed by atoms with Gasteiger partial charge in [0.15, 0.2) is 0 Å². The number of hydrogen-bond acceptors (Lipinski definition) is 6. The summed E-state index contributed by atoms with van der Waals surface area (Å²) >= 11 is 0. The molecule has 1 amide bonds. The van der Waals surface area contributed by atoms with Gasteiger partial charge in [0.05, 0.1) is 30.6 Å². The summed E-state index contributed by atoms with van der Waals surface area (Å²) in [7, 11) is 0. The first-order valence-corrected chi connectivity index (χ1v) is 8.54. The molecule has 0 bridgehead atoms. The Kier molecular flexibility index (Phi) is 3.52. The molecule has 26 heavy (non-hydrogen) atoms. The van der Waals surface area contributed by atoms with Gasteiger partial charge in [-0.05, 0) is 30.7 Å². The van der Waals surface area contributed by atoms with Crippen LogP contribution in [0.2, 0.25) is 0 Å². The van der Waals surface area contributed by atoms with E-state index in [1.807, 2.05) is 33.8 Å². The summed E-state index contributed by atoms with van der Waals surface area (Å²) < 4.78 is 9.61. The Morgan fingerprint density at radius 2 is 1.92 bits per heavy atom. The second kappa shape index (κ2) is 6.03. The highest BCUT2D eigenvalue weighted by Gasteiger charge is 2.38. The van der Waals surface area contributed by atoms with E-state index in [1.54, 1.807) is 23.4 Å². The number of carbonyl (C=O) groups is 1. The Hall–Kier alpha value is -3.07. The first kappa shape index (κ1) is 15.2. The summed E-state index contributed by atoms with van der Waals surface area (Å²) in [6.07, 6.45) is 5.86. The van der Waals surface area contributed by atoms with Crippen molar-refractivity contribution < 1.29 is 9.53 Å². The van der Waals surface area contributed by atoms with Gasteiger partial charge in [-0.25, -0.2) is 4.68 Å². The SMILES string of the molecule is O=C(c1ccc(-n2cnnc2)cc1)N1CCC2OCc3cnnn3C2C1. The molecule has 1 saturated heterocycles. The van der Waals surface area contributed by atoms with Crippen molar-refractivity contribution in [2.24, 2.45) is 0 Å². The maximum Gasteiger partial charge on any atom is 0.253 e. The minimum atomic E-state index is 0.0194. The van der Waals surface area contributed by atoms with Gasteiger partial charge in [-0.1, -0.05) is 5.21 Å². The zero-order valence-electron chi connectivity index (χ0n) is 14.0. The van der Waals surface area contributed by atoms with Crippen LogP contribution < -0.4 is 0 Å². The third-order valence-corrected chi connectivity index (χ3v) is 5.05. The smallest absolute Gasteiger partial charge is 0.253 e. The molecule has 2 aromatic heterocycles. The molecule has 0 radical (unpaired) electrons. The molecule has 4 heterocycles. The predicted octanol–water partition coefficient (Wildman–Crippen LogP) is 0.845. The standard InChI is InChI=1S/C17H17N7O2/c25-17(12-1-3-13(4-2-12)23-10-19-20-11-23)22-6-5-16-15(8-22)24-14(9-26-16)7-18-21-24/h1-4,7,10-11,15-16H,5-6,8-9H2. The second-order valence-electron chi connectivity index (χ2n) is 6.54. The molecule has 2 atom stereocenters. The molecule has 9 heteroatoms. The van der Waals surface area contributed by atoms with Crippen molar-refractivity contribution in [1.29, 1.82) is 0 Å². The van der Waals surface area contributed by atoms with Crippen LogP contribution in [0, 0.1) is 0 Å². The number of ether oxygens (including phenoxy) is 1. The van der Waals surface area contributed by atoms with Crippen molar-refractivity contribution in [3.8, 4) is 5.69 Å². The molecule has 1 aromatic carbocycles. The molecule has 1 fully saturated rings. The van der Waals surface area contributed by atoms with Gasteiger partial charge >= 0.3 is 0 Å². The minimum Gasteiger partial charge on any atom is -0.370 e. The molecule has 0 N–H and O–H groups in total. The Morgan fingerprint density at radius 1 is 1.12 bits per heavy atom. The van der Waals surface area contributed by atoms with E-state index in [-0.39, 0.29) is 18.1 Å². The van der Waals surface area contributed by atoms with E-state index in [0.29, 0.717) is 25.3 Å². The maximum absolute atomic E-state index is 12.9. The number of amides is 1. The Bertz CT molecular complexity index is 919. The average molecular weight is 351 g/mol. The van der Waals surface area contributed by atoms with Crippen LogP contribution in [-0.4, -0.2) is 59.8 Å². The summed E-state index contributed by atoms with van der Waals surface area (Å²) in [6, 6.07) is 7.48. The summed E-state index contributed by atoms with van der Waals surface area (Å²) in [4.78, 5) is 14.8. The van der Waals surface area contributed by atoms with Crippen molar-refractivity contribution in [3.05, 3.63) is 54.4 Å². The first-order chi connectivity index (χ1) is 12.8. The molecule has 132 valence electrons. The van der Waals surface area contributed by atoms with E-state index >= 15 is 0 Å². The van der Waals surface area contributed by atoms with Gasteiger partial charge in [0.25, 0.3) is 5.91 Å². The molecule has 2 unspecified atom stereocenters. The number of likely N-dealkylation sites (tertiary alicyclic amines) is 1. The number of nitrogens with zero attached hydrogens (tertiary/aromatic N) is 7. The fraction of sp³-hybridized carbons (Fsp3) is 0.353. The summed E-state index contributed by atoms with van der Waals surface area (Å²) in [5.74, 6) is 0.0194. The second-order valence-corrected chi connectivity index (χ2v) is 6.54. The van der Waals surface area contributed by atoms with Crippen molar-refractivity contribution in [2.45, 2.75) is 25.2 Å². The highest BCUT2D eigenvalue weighted by Crippen LogP contribution is 2.30. The van der Waals surface area contributed by atoms with Crippen LogP contribution >= 0.6 is 0 Å². The van der Waals surface area contributed by atoms with Crippen LogP contribution in [0.5, 0.6) is 0 Å². The summed E-state index contributed by atoms with van der Waals surface area (Å²) in [5.41, 5.74) is 2.54. The molecular formula is C17H17N7O2.